The average Bonchev–Trinajstić information content (AvgIpc) is 2.80. The number of hydrogen-bond donors (Lipinski definition) is 3. The van der Waals surface area contributed by atoms with Crippen LogP contribution < -0.4 is 5.73 Å². The van der Waals surface area contributed by atoms with Gasteiger partial charge in [-0.1, -0.05) is 69.8 Å². The molecule has 0 aliphatic carbocycles. The molecule has 0 aromatic carbocycles. The van der Waals surface area contributed by atoms with Crippen LogP contribution in [-0.4, -0.2) is 48.4 Å². The van der Waals surface area contributed by atoms with Crippen LogP contribution in [0.5, 0.6) is 0 Å². The highest BCUT2D eigenvalue weighted by Gasteiger charge is 2.22. The Morgan fingerprint density at radius 1 is 0.909 bits per heavy atom. The van der Waals surface area contributed by atoms with E-state index in [0.717, 1.165) is 44.9 Å². The zero-order valence-corrected chi connectivity index (χ0v) is 21.3. The van der Waals surface area contributed by atoms with Crippen LogP contribution in [0.4, 0.5) is 0 Å². The van der Waals surface area contributed by atoms with Crippen molar-refractivity contribution in [2.45, 2.75) is 96.5 Å². The molecule has 0 fully saturated rings. The molecular formula is C24H46NO7P. The van der Waals surface area contributed by atoms with E-state index in [1.165, 1.54) is 32.1 Å². The fourth-order valence-electron chi connectivity index (χ4n) is 2.95. The topological polar surface area (TPSA) is 128 Å². The summed E-state index contributed by atoms with van der Waals surface area (Å²) < 4.78 is 25.5. The van der Waals surface area contributed by atoms with Gasteiger partial charge in [0.15, 0.2) is 0 Å². The number of aliphatic hydroxyl groups excluding tert-OH is 1. The molecule has 0 heterocycles. The van der Waals surface area contributed by atoms with Crippen LogP contribution in [0.3, 0.4) is 0 Å². The number of nitrogens with two attached hydrogens (primary N) is 1. The van der Waals surface area contributed by atoms with Crippen molar-refractivity contribution in [3.8, 4) is 0 Å². The summed E-state index contributed by atoms with van der Waals surface area (Å²) in [4.78, 5) is 21.0. The summed E-state index contributed by atoms with van der Waals surface area (Å²) in [6.07, 6.45) is 21.7. The van der Waals surface area contributed by atoms with Crippen LogP contribution in [0.15, 0.2) is 24.3 Å². The number of esters is 1. The van der Waals surface area contributed by atoms with Crippen LogP contribution in [0.2, 0.25) is 0 Å². The molecule has 33 heavy (non-hydrogen) atoms. The minimum Gasteiger partial charge on any atom is -0.463 e. The van der Waals surface area contributed by atoms with E-state index in [-0.39, 0.29) is 26.2 Å². The molecule has 4 N–H and O–H groups in total. The summed E-state index contributed by atoms with van der Waals surface area (Å²) in [5, 5.41) is 9.68. The summed E-state index contributed by atoms with van der Waals surface area (Å²) in [5.74, 6) is -0.401. The van der Waals surface area contributed by atoms with Crippen molar-refractivity contribution in [3.05, 3.63) is 24.3 Å². The van der Waals surface area contributed by atoms with Gasteiger partial charge in [-0.2, -0.15) is 0 Å². The molecule has 0 rings (SSSR count). The molecule has 194 valence electrons. The minimum absolute atomic E-state index is 0.0717. The summed E-state index contributed by atoms with van der Waals surface area (Å²) in [6.45, 7) is 1.40. The highest BCUT2D eigenvalue weighted by atomic mass is 31.2. The Labute approximate surface area is 200 Å². The van der Waals surface area contributed by atoms with Gasteiger partial charge in [0, 0.05) is 13.0 Å². The second kappa shape index (κ2) is 22.8. The lowest BCUT2D eigenvalue weighted by molar-refractivity contribution is -0.147. The van der Waals surface area contributed by atoms with E-state index in [1.807, 2.05) is 0 Å². The molecule has 0 aromatic heterocycles. The molecule has 0 bridgehead atoms. The van der Waals surface area contributed by atoms with Crippen LogP contribution in [0, 0.1) is 0 Å². The van der Waals surface area contributed by atoms with Crippen molar-refractivity contribution in [1.82, 2.24) is 0 Å². The van der Waals surface area contributed by atoms with Gasteiger partial charge in [-0.15, -0.1) is 0 Å². The molecule has 0 aliphatic heterocycles. The number of phosphoric acid groups is 1. The molecule has 2 atom stereocenters. The van der Waals surface area contributed by atoms with Gasteiger partial charge in [-0.25, -0.2) is 4.57 Å². The van der Waals surface area contributed by atoms with E-state index < -0.39 is 26.5 Å². The monoisotopic (exact) mass is 491 g/mol. The van der Waals surface area contributed by atoms with Crippen molar-refractivity contribution >= 4 is 13.8 Å². The summed E-state index contributed by atoms with van der Waals surface area (Å²) >= 11 is 0. The second-order valence-electron chi connectivity index (χ2n) is 8.06. The SMILES string of the molecule is CCCCCC/C=C\C/C=C\CCCCCCCC(=O)OCC(O)COP(=O)(O)OCCN. The van der Waals surface area contributed by atoms with Crippen LogP contribution in [0.25, 0.3) is 0 Å². The number of rotatable bonds is 23. The van der Waals surface area contributed by atoms with Gasteiger partial charge in [-0.05, 0) is 38.5 Å². The third-order valence-electron chi connectivity index (χ3n) is 4.82. The number of unbranched alkanes of at least 4 members (excludes halogenated alkanes) is 9. The van der Waals surface area contributed by atoms with Gasteiger partial charge in [0.2, 0.25) is 0 Å². The lowest BCUT2D eigenvalue weighted by atomic mass is 10.1. The maximum atomic E-state index is 11.7. The first-order valence-electron chi connectivity index (χ1n) is 12.4. The normalized spacial score (nSPS) is 14.7. The third-order valence-corrected chi connectivity index (χ3v) is 5.80. The fraction of sp³-hybridized carbons (Fsp3) is 0.792. The average molecular weight is 492 g/mol. The maximum Gasteiger partial charge on any atom is 0.472 e. The fourth-order valence-corrected chi connectivity index (χ4v) is 3.72. The highest BCUT2D eigenvalue weighted by Crippen LogP contribution is 2.42. The molecule has 0 saturated carbocycles. The maximum absolute atomic E-state index is 11.7. The smallest absolute Gasteiger partial charge is 0.463 e. The molecule has 0 aliphatic rings. The molecule has 2 unspecified atom stereocenters. The first-order chi connectivity index (χ1) is 15.9. The molecule has 0 radical (unpaired) electrons. The number of allylic oxidation sites excluding steroid dienone is 4. The zero-order valence-electron chi connectivity index (χ0n) is 20.4. The van der Waals surface area contributed by atoms with Gasteiger partial charge in [0.1, 0.15) is 12.7 Å². The van der Waals surface area contributed by atoms with E-state index in [9.17, 15) is 19.4 Å². The summed E-state index contributed by atoms with van der Waals surface area (Å²) in [5.41, 5.74) is 5.17. The molecule has 8 nitrogen and oxygen atoms in total. The Hall–Kier alpha value is -1.02. The van der Waals surface area contributed by atoms with Crippen LogP contribution in [0.1, 0.15) is 90.4 Å². The summed E-state index contributed by atoms with van der Waals surface area (Å²) in [7, 11) is -4.25. The van der Waals surface area contributed by atoms with E-state index in [2.05, 4.69) is 40.3 Å². The zero-order chi connectivity index (χ0) is 24.6. The number of hydrogen-bond acceptors (Lipinski definition) is 7. The number of ether oxygens (including phenoxy) is 1. The first-order valence-corrected chi connectivity index (χ1v) is 13.9. The van der Waals surface area contributed by atoms with Crippen molar-refractivity contribution in [3.63, 3.8) is 0 Å². The van der Waals surface area contributed by atoms with Crippen molar-refractivity contribution in [2.24, 2.45) is 5.73 Å². The second-order valence-corrected chi connectivity index (χ2v) is 9.51. The lowest BCUT2D eigenvalue weighted by Gasteiger charge is -2.15. The van der Waals surface area contributed by atoms with Crippen molar-refractivity contribution in [2.75, 3.05) is 26.4 Å². The van der Waals surface area contributed by atoms with E-state index in [4.69, 9.17) is 10.5 Å². The Morgan fingerprint density at radius 3 is 2.15 bits per heavy atom. The standard InChI is InChI=1S/C24H46NO7P/c1-2-3-4-5-6-7-8-9-10-11-12-13-14-15-16-17-18-24(27)30-21-23(26)22-32-33(28,29)31-20-19-25/h7-8,10-11,23,26H,2-6,9,12-22,25H2,1H3,(H,28,29)/b8-7-,11-10-. The molecule has 0 aromatic rings. The molecule has 0 saturated heterocycles. The van der Waals surface area contributed by atoms with Gasteiger partial charge >= 0.3 is 13.8 Å². The lowest BCUT2D eigenvalue weighted by Crippen LogP contribution is -2.23. The number of carbonyl (C=O) groups excluding carboxylic acids is 1. The molecule has 9 heteroatoms. The van der Waals surface area contributed by atoms with E-state index >= 15 is 0 Å². The Kier molecular flexibility index (Phi) is 22.1. The van der Waals surface area contributed by atoms with E-state index in [0.29, 0.717) is 0 Å². The molecular weight excluding hydrogens is 445 g/mol. The van der Waals surface area contributed by atoms with E-state index in [1.54, 1.807) is 0 Å². The van der Waals surface area contributed by atoms with Gasteiger partial charge in [0.25, 0.3) is 0 Å². The predicted molar refractivity (Wildman–Crippen MR) is 132 cm³/mol. The quantitative estimate of drug-likeness (QED) is 0.0771. The minimum atomic E-state index is -4.25. The largest absolute Gasteiger partial charge is 0.472 e. The van der Waals surface area contributed by atoms with Gasteiger partial charge in [0.05, 0.1) is 13.2 Å². The molecule has 0 amide bonds. The molecule has 0 spiro atoms. The Balaban J connectivity index is 3.53. The number of carbonyl (C=O) groups is 1. The van der Waals surface area contributed by atoms with Gasteiger partial charge < -0.3 is 20.5 Å². The third kappa shape index (κ3) is 23.9. The number of phosphoric ester groups is 1. The number of aliphatic hydroxyl groups is 1. The van der Waals surface area contributed by atoms with Gasteiger partial charge in [-0.3, -0.25) is 13.8 Å². The van der Waals surface area contributed by atoms with Crippen LogP contribution >= 0.6 is 7.82 Å². The van der Waals surface area contributed by atoms with Crippen LogP contribution in [-0.2, 0) is 23.1 Å². The Morgan fingerprint density at radius 2 is 1.52 bits per heavy atom. The summed E-state index contributed by atoms with van der Waals surface area (Å²) in [6, 6.07) is 0. The Bertz CT molecular complexity index is 569. The first kappa shape index (κ1) is 32.0. The highest BCUT2D eigenvalue weighted by molar-refractivity contribution is 7.47. The predicted octanol–water partition coefficient (Wildman–Crippen LogP) is 5.19. The van der Waals surface area contributed by atoms with Crippen molar-refractivity contribution < 1.29 is 33.1 Å². The van der Waals surface area contributed by atoms with Crippen molar-refractivity contribution in [1.29, 1.82) is 0 Å².